The van der Waals surface area contributed by atoms with Crippen LogP contribution in [0.25, 0.3) is 0 Å². The van der Waals surface area contributed by atoms with Gasteiger partial charge in [-0.3, -0.25) is 9.78 Å². The topological polar surface area (TPSA) is 59.1 Å². The minimum Gasteiger partial charge on any atom is -0.355 e. The molecule has 0 unspecified atom stereocenters. The second-order valence-electron chi connectivity index (χ2n) is 5.08. The van der Waals surface area contributed by atoms with Crippen LogP contribution in [-0.4, -0.2) is 23.2 Å². The molecule has 0 aromatic carbocycles. The van der Waals surface area contributed by atoms with Gasteiger partial charge in [-0.2, -0.15) is 0 Å². The highest BCUT2D eigenvalue weighted by Gasteiger charge is 2.22. The Labute approximate surface area is 108 Å². The number of nitrogens with one attached hydrogen (secondary N) is 1. The smallest absolute Gasteiger partial charge is 0.220 e. The predicted molar refractivity (Wildman–Crippen MR) is 70.2 cm³/mol. The Morgan fingerprint density at radius 1 is 1.28 bits per heavy atom. The van der Waals surface area contributed by atoms with Crippen LogP contribution in [0.5, 0.6) is 0 Å². The Morgan fingerprint density at radius 3 is 2.56 bits per heavy atom. The van der Waals surface area contributed by atoms with Crippen LogP contribution in [0.4, 0.5) is 0 Å². The zero-order valence-corrected chi connectivity index (χ0v) is 11.2. The third kappa shape index (κ3) is 4.65. The Bertz CT molecular complexity index is 413. The van der Waals surface area contributed by atoms with Gasteiger partial charge in [0.1, 0.15) is 5.78 Å². The van der Waals surface area contributed by atoms with Crippen molar-refractivity contribution in [2.24, 2.45) is 0 Å². The van der Waals surface area contributed by atoms with Gasteiger partial charge in [0.2, 0.25) is 5.91 Å². The fourth-order valence-corrected chi connectivity index (χ4v) is 1.55. The first-order chi connectivity index (χ1) is 8.42. The molecule has 0 bridgehead atoms. The van der Waals surface area contributed by atoms with Crippen molar-refractivity contribution in [1.82, 2.24) is 10.3 Å². The molecule has 0 radical (unpaired) electrons. The van der Waals surface area contributed by atoms with Gasteiger partial charge in [-0.15, -0.1) is 0 Å². The second kappa shape index (κ2) is 6.28. The van der Waals surface area contributed by atoms with Crippen LogP contribution < -0.4 is 5.32 Å². The van der Waals surface area contributed by atoms with E-state index < -0.39 is 0 Å². The first-order valence-electron chi connectivity index (χ1n) is 6.09. The van der Waals surface area contributed by atoms with E-state index in [1.807, 2.05) is 32.0 Å². The van der Waals surface area contributed by atoms with E-state index in [0.29, 0.717) is 13.0 Å². The third-order valence-corrected chi connectivity index (χ3v) is 2.79. The van der Waals surface area contributed by atoms with Gasteiger partial charge < -0.3 is 10.1 Å². The molecule has 1 aromatic heterocycles. The van der Waals surface area contributed by atoms with Gasteiger partial charge >= 0.3 is 0 Å². The van der Waals surface area contributed by atoms with E-state index >= 15 is 0 Å². The lowest BCUT2D eigenvalue weighted by Crippen LogP contribution is -2.37. The number of carbonyl (C=O) groups excluding carboxylic acids is 2. The summed E-state index contributed by atoms with van der Waals surface area (Å²) in [6.45, 7) is 6.06. The molecule has 0 aliphatic heterocycles. The largest absolute Gasteiger partial charge is 0.355 e. The SMILES string of the molecule is CC(=O)CCC(=O)NCC(C)(C)c1ccccn1. The van der Waals surface area contributed by atoms with Gasteiger partial charge in [0.25, 0.3) is 0 Å². The van der Waals surface area contributed by atoms with Crippen molar-refractivity contribution in [2.45, 2.75) is 39.0 Å². The molecule has 98 valence electrons. The number of hydrogen-bond donors (Lipinski definition) is 1. The van der Waals surface area contributed by atoms with E-state index in [1.54, 1.807) is 6.20 Å². The van der Waals surface area contributed by atoms with Crippen molar-refractivity contribution in [1.29, 1.82) is 0 Å². The van der Waals surface area contributed by atoms with Gasteiger partial charge in [-0.05, 0) is 19.1 Å². The lowest BCUT2D eigenvalue weighted by Gasteiger charge is -2.24. The zero-order chi connectivity index (χ0) is 13.6. The number of pyridine rings is 1. The average molecular weight is 248 g/mol. The third-order valence-electron chi connectivity index (χ3n) is 2.79. The van der Waals surface area contributed by atoms with Gasteiger partial charge in [-0.1, -0.05) is 19.9 Å². The summed E-state index contributed by atoms with van der Waals surface area (Å²) in [7, 11) is 0. The minimum absolute atomic E-state index is 0.0362. The summed E-state index contributed by atoms with van der Waals surface area (Å²) in [4.78, 5) is 26.6. The molecule has 1 aromatic rings. The number of Topliss-reactive ketones (excluding diaryl/α,β-unsaturated/α-hetero) is 1. The maximum absolute atomic E-state index is 11.5. The normalized spacial score (nSPS) is 11.1. The molecule has 0 fully saturated rings. The average Bonchev–Trinajstić information content (AvgIpc) is 2.35. The quantitative estimate of drug-likeness (QED) is 0.835. The van der Waals surface area contributed by atoms with Crippen LogP contribution in [0, 0.1) is 0 Å². The summed E-state index contributed by atoms with van der Waals surface area (Å²) >= 11 is 0. The second-order valence-corrected chi connectivity index (χ2v) is 5.08. The highest BCUT2D eigenvalue weighted by Crippen LogP contribution is 2.19. The fraction of sp³-hybridized carbons (Fsp3) is 0.500. The van der Waals surface area contributed by atoms with Crippen molar-refractivity contribution in [3.8, 4) is 0 Å². The molecule has 4 nitrogen and oxygen atoms in total. The van der Waals surface area contributed by atoms with Crippen LogP contribution in [0.2, 0.25) is 0 Å². The van der Waals surface area contributed by atoms with E-state index in [1.165, 1.54) is 6.92 Å². The van der Waals surface area contributed by atoms with Crippen LogP contribution >= 0.6 is 0 Å². The number of ketones is 1. The van der Waals surface area contributed by atoms with Crippen molar-refractivity contribution in [3.63, 3.8) is 0 Å². The summed E-state index contributed by atoms with van der Waals surface area (Å²) < 4.78 is 0. The van der Waals surface area contributed by atoms with E-state index in [2.05, 4.69) is 10.3 Å². The molecule has 0 atom stereocenters. The molecule has 18 heavy (non-hydrogen) atoms. The molecule has 1 N–H and O–H groups in total. The number of nitrogens with zero attached hydrogens (tertiary/aromatic N) is 1. The molecule has 0 aliphatic rings. The highest BCUT2D eigenvalue weighted by atomic mass is 16.2. The number of amides is 1. The zero-order valence-electron chi connectivity index (χ0n) is 11.2. The predicted octanol–water partition coefficient (Wildman–Crippen LogP) is 1.84. The Balaban J connectivity index is 2.47. The summed E-state index contributed by atoms with van der Waals surface area (Å²) in [5.74, 6) is -0.0525. The van der Waals surface area contributed by atoms with Crippen molar-refractivity contribution >= 4 is 11.7 Å². The number of hydrogen-bond acceptors (Lipinski definition) is 3. The van der Waals surface area contributed by atoms with E-state index in [-0.39, 0.29) is 23.5 Å². The molecule has 0 saturated heterocycles. The molecule has 0 saturated carbocycles. The van der Waals surface area contributed by atoms with E-state index in [4.69, 9.17) is 0 Å². The maximum atomic E-state index is 11.5. The Morgan fingerprint density at radius 2 is 2.00 bits per heavy atom. The molecule has 0 spiro atoms. The van der Waals surface area contributed by atoms with Gasteiger partial charge in [-0.25, -0.2) is 0 Å². The monoisotopic (exact) mass is 248 g/mol. The number of aromatic nitrogens is 1. The van der Waals surface area contributed by atoms with Crippen LogP contribution in [0.15, 0.2) is 24.4 Å². The van der Waals surface area contributed by atoms with Crippen molar-refractivity contribution in [3.05, 3.63) is 30.1 Å². The van der Waals surface area contributed by atoms with Gasteiger partial charge in [0.15, 0.2) is 0 Å². The highest BCUT2D eigenvalue weighted by molar-refractivity contribution is 5.83. The summed E-state index contributed by atoms with van der Waals surface area (Å²) in [6.07, 6.45) is 2.30. The Hall–Kier alpha value is -1.71. The number of rotatable bonds is 6. The maximum Gasteiger partial charge on any atom is 0.220 e. The lowest BCUT2D eigenvalue weighted by molar-refractivity contribution is -0.124. The van der Waals surface area contributed by atoms with Crippen molar-refractivity contribution < 1.29 is 9.59 Å². The number of carbonyl (C=O) groups is 2. The van der Waals surface area contributed by atoms with E-state index in [9.17, 15) is 9.59 Å². The van der Waals surface area contributed by atoms with Crippen LogP contribution in [0.1, 0.15) is 39.3 Å². The molecule has 1 heterocycles. The minimum atomic E-state index is -0.215. The first-order valence-corrected chi connectivity index (χ1v) is 6.09. The standard InChI is InChI=1S/C14H20N2O2/c1-11(17)7-8-13(18)16-10-14(2,3)12-6-4-5-9-15-12/h4-6,9H,7-8,10H2,1-3H3,(H,16,18). The van der Waals surface area contributed by atoms with Crippen LogP contribution in [-0.2, 0) is 15.0 Å². The molecule has 4 heteroatoms. The van der Waals surface area contributed by atoms with Crippen LogP contribution in [0.3, 0.4) is 0 Å². The molecular weight excluding hydrogens is 228 g/mol. The van der Waals surface area contributed by atoms with Gasteiger partial charge in [0, 0.05) is 36.7 Å². The van der Waals surface area contributed by atoms with E-state index in [0.717, 1.165) is 5.69 Å². The van der Waals surface area contributed by atoms with Gasteiger partial charge in [0.05, 0.1) is 0 Å². The summed E-state index contributed by atoms with van der Waals surface area (Å²) in [6, 6.07) is 5.74. The molecular formula is C14H20N2O2. The fourth-order valence-electron chi connectivity index (χ4n) is 1.55. The van der Waals surface area contributed by atoms with Crippen molar-refractivity contribution in [2.75, 3.05) is 6.54 Å². The Kier molecular flexibility index (Phi) is 5.01. The summed E-state index contributed by atoms with van der Waals surface area (Å²) in [5.41, 5.74) is 0.726. The molecule has 0 aliphatic carbocycles. The lowest BCUT2D eigenvalue weighted by atomic mass is 9.88. The first kappa shape index (κ1) is 14.4. The summed E-state index contributed by atoms with van der Waals surface area (Å²) in [5, 5.41) is 2.85. The molecule has 1 rings (SSSR count). The molecule has 1 amide bonds.